The third-order valence-electron chi connectivity index (χ3n) is 0.876. The molecule has 0 unspecified atom stereocenters. The number of nitrogens with zero attached hydrogens (tertiary/aromatic N) is 2. The fourth-order valence-electron chi connectivity index (χ4n) is 0.472. The summed E-state index contributed by atoms with van der Waals surface area (Å²) in [4.78, 5) is 18.5. The third kappa shape index (κ3) is 2.73. The molecule has 0 spiro atoms. The van der Waals surface area contributed by atoms with Crippen molar-refractivity contribution in [1.29, 1.82) is 0 Å². The summed E-state index contributed by atoms with van der Waals surface area (Å²) in [7, 11) is 0. The van der Waals surface area contributed by atoms with Gasteiger partial charge in [0, 0.05) is 0 Å². The number of H-pyrrole nitrogens is 1. The summed E-state index contributed by atoms with van der Waals surface area (Å²) in [6.07, 6.45) is 1.14. The molecule has 11 heavy (non-hydrogen) atoms. The Morgan fingerprint density at radius 1 is 1.82 bits per heavy atom. The van der Waals surface area contributed by atoms with Gasteiger partial charge in [-0.05, 0) is 0 Å². The third-order valence-corrected chi connectivity index (χ3v) is 0.876. The van der Waals surface area contributed by atoms with Crippen LogP contribution in [0, 0.1) is 6.57 Å². The number of hydrogen-bond donors (Lipinski definition) is 1. The Bertz CT molecular complexity index is 301. The normalized spacial score (nSPS) is 7.91. The average molecular weight is 175 g/mol. The van der Waals surface area contributed by atoms with Gasteiger partial charge in [-0.2, -0.15) is 0 Å². The second-order valence-corrected chi connectivity index (χ2v) is 1.52. The predicted octanol–water partition coefficient (Wildman–Crippen LogP) is -3.67. The van der Waals surface area contributed by atoms with Crippen LogP contribution in [0.25, 0.3) is 4.85 Å². The standard InChI is InChI=1S/C5H3N3O2.K/c1-6-3-2-7-4(8-3)5(9)10;/h2H,(H,7,8)(H,9,10);/q;+1/p-1. The molecule has 0 fully saturated rings. The number of carbonyl (C=O) groups excluding carboxylic acids is 1. The van der Waals surface area contributed by atoms with Crippen LogP contribution in [0.1, 0.15) is 10.6 Å². The molecule has 1 aromatic rings. The number of aromatic nitrogens is 2. The Kier molecular flexibility index (Phi) is 4.56. The topological polar surface area (TPSA) is 73.2 Å². The van der Waals surface area contributed by atoms with Gasteiger partial charge in [-0.25, -0.2) is 4.98 Å². The van der Waals surface area contributed by atoms with Gasteiger partial charge in [-0.15, -0.1) is 0 Å². The van der Waals surface area contributed by atoms with E-state index in [0.29, 0.717) is 0 Å². The number of aromatic carboxylic acids is 1. The SMILES string of the molecule is [C-]#[N+]c1cnc(C(=O)[O-])[nH]1.[K+]. The molecule has 0 aliphatic heterocycles. The van der Waals surface area contributed by atoms with Crippen molar-refractivity contribution in [3.8, 4) is 0 Å². The van der Waals surface area contributed by atoms with Crippen LogP contribution < -0.4 is 56.5 Å². The molecule has 0 aliphatic carbocycles. The van der Waals surface area contributed by atoms with E-state index in [1.54, 1.807) is 0 Å². The van der Waals surface area contributed by atoms with Crippen molar-refractivity contribution >= 4 is 11.8 Å². The zero-order chi connectivity index (χ0) is 7.56. The van der Waals surface area contributed by atoms with Crippen molar-refractivity contribution in [2.24, 2.45) is 0 Å². The molecule has 6 heteroatoms. The van der Waals surface area contributed by atoms with E-state index >= 15 is 0 Å². The summed E-state index contributed by atoms with van der Waals surface area (Å²) in [5, 5.41) is 10.0. The molecule has 1 heterocycles. The monoisotopic (exact) mass is 175 g/mol. The minimum Gasteiger partial charge on any atom is -0.540 e. The smallest absolute Gasteiger partial charge is 0.540 e. The first-order valence-corrected chi connectivity index (χ1v) is 2.38. The van der Waals surface area contributed by atoms with E-state index in [0.717, 1.165) is 6.20 Å². The second-order valence-electron chi connectivity index (χ2n) is 1.52. The van der Waals surface area contributed by atoms with Crippen molar-refractivity contribution in [2.45, 2.75) is 0 Å². The molecular weight excluding hydrogens is 173 g/mol. The van der Waals surface area contributed by atoms with Gasteiger partial charge in [0.15, 0.2) is 0 Å². The minimum absolute atomic E-state index is 0. The molecule has 0 saturated heterocycles. The van der Waals surface area contributed by atoms with Crippen LogP contribution in [-0.4, -0.2) is 15.9 Å². The molecule has 0 aliphatic rings. The van der Waals surface area contributed by atoms with Gasteiger partial charge in [0.2, 0.25) is 11.6 Å². The first kappa shape index (κ1) is 10.8. The van der Waals surface area contributed by atoms with Gasteiger partial charge in [0.25, 0.3) is 0 Å². The van der Waals surface area contributed by atoms with Gasteiger partial charge < -0.3 is 14.7 Å². The van der Waals surface area contributed by atoms with Crippen LogP contribution in [0.15, 0.2) is 6.20 Å². The molecule has 1 N–H and O–H groups in total. The molecule has 1 rings (SSSR count). The number of aromatic amines is 1. The van der Waals surface area contributed by atoms with Crippen LogP contribution in [0.3, 0.4) is 0 Å². The molecule has 0 bridgehead atoms. The van der Waals surface area contributed by atoms with Gasteiger partial charge in [0.05, 0.1) is 6.20 Å². The Morgan fingerprint density at radius 2 is 2.45 bits per heavy atom. The summed E-state index contributed by atoms with van der Waals surface area (Å²) < 4.78 is 0. The fraction of sp³-hybridized carbons (Fsp3) is 0. The molecule has 0 saturated carbocycles. The first-order chi connectivity index (χ1) is 4.74. The summed E-state index contributed by atoms with van der Waals surface area (Å²) in [6, 6.07) is 0. The zero-order valence-electron chi connectivity index (χ0n) is 5.79. The first-order valence-electron chi connectivity index (χ1n) is 2.38. The molecule has 0 aromatic carbocycles. The van der Waals surface area contributed by atoms with Gasteiger partial charge >= 0.3 is 51.4 Å². The zero-order valence-corrected chi connectivity index (χ0v) is 8.91. The molecule has 5 nitrogen and oxygen atoms in total. The maximum absolute atomic E-state index is 10.0. The van der Waals surface area contributed by atoms with Crippen molar-refractivity contribution < 1.29 is 61.3 Å². The molecule has 0 atom stereocenters. The summed E-state index contributed by atoms with van der Waals surface area (Å²) in [5.74, 6) is -1.62. The Labute approximate surface area is 105 Å². The number of rotatable bonds is 1. The number of carboxylic acid groups (broad SMARTS) is 1. The van der Waals surface area contributed by atoms with Gasteiger partial charge in [-0.3, -0.25) is 4.98 Å². The summed E-state index contributed by atoms with van der Waals surface area (Å²) in [5.41, 5.74) is 0. The van der Waals surface area contributed by atoms with Crippen LogP contribution in [-0.2, 0) is 0 Å². The second kappa shape index (κ2) is 4.64. The Morgan fingerprint density at radius 3 is 2.73 bits per heavy atom. The van der Waals surface area contributed by atoms with Crippen LogP contribution in [0.4, 0.5) is 5.82 Å². The van der Waals surface area contributed by atoms with E-state index in [1.165, 1.54) is 0 Å². The van der Waals surface area contributed by atoms with E-state index < -0.39 is 5.97 Å². The van der Waals surface area contributed by atoms with Crippen molar-refractivity contribution in [1.82, 2.24) is 9.97 Å². The quantitative estimate of drug-likeness (QED) is 0.353. The number of imidazole rings is 1. The molecular formula is C5H2KN3O2. The van der Waals surface area contributed by atoms with Gasteiger partial charge in [-0.1, -0.05) is 6.57 Å². The average Bonchev–Trinajstić information content (AvgIpc) is 2.34. The summed E-state index contributed by atoms with van der Waals surface area (Å²) >= 11 is 0. The van der Waals surface area contributed by atoms with Crippen LogP contribution in [0.5, 0.6) is 0 Å². The largest absolute Gasteiger partial charge is 1.00 e. The summed E-state index contributed by atoms with van der Waals surface area (Å²) in [6.45, 7) is 6.44. The van der Waals surface area contributed by atoms with Gasteiger partial charge in [0.1, 0.15) is 5.97 Å². The Balaban J connectivity index is 0.000001000. The van der Waals surface area contributed by atoms with Crippen molar-refractivity contribution in [2.75, 3.05) is 0 Å². The number of nitrogens with one attached hydrogen (secondary N) is 1. The van der Waals surface area contributed by atoms with Crippen LogP contribution >= 0.6 is 0 Å². The fourth-order valence-corrected chi connectivity index (χ4v) is 0.472. The van der Waals surface area contributed by atoms with E-state index in [-0.39, 0.29) is 63.0 Å². The predicted molar refractivity (Wildman–Crippen MR) is 29.2 cm³/mol. The molecule has 50 valence electrons. The van der Waals surface area contributed by atoms with Crippen LogP contribution in [0.2, 0.25) is 0 Å². The number of carbonyl (C=O) groups is 1. The maximum Gasteiger partial charge on any atom is 1.00 e. The molecule has 1 aromatic heterocycles. The van der Waals surface area contributed by atoms with E-state index in [1.807, 2.05) is 0 Å². The van der Waals surface area contributed by atoms with E-state index in [9.17, 15) is 9.90 Å². The van der Waals surface area contributed by atoms with Crippen molar-refractivity contribution in [3.05, 3.63) is 23.4 Å². The van der Waals surface area contributed by atoms with E-state index in [4.69, 9.17) is 6.57 Å². The Hall–Kier alpha value is -0.194. The van der Waals surface area contributed by atoms with Crippen molar-refractivity contribution in [3.63, 3.8) is 0 Å². The van der Waals surface area contributed by atoms with E-state index in [2.05, 4.69) is 14.8 Å². The number of carboxylic acids is 1. The minimum atomic E-state index is -1.41. The number of hydrogen-bond acceptors (Lipinski definition) is 3. The molecule has 0 radical (unpaired) electrons. The molecule has 0 amide bonds. The maximum atomic E-state index is 10.0.